The van der Waals surface area contributed by atoms with Gasteiger partial charge in [0, 0.05) is 18.6 Å². The normalized spacial score (nSPS) is 26.3. The molecule has 0 spiro atoms. The number of likely N-dealkylation sites (tertiary alicyclic amines) is 1. The highest BCUT2D eigenvalue weighted by Gasteiger charge is 2.32. The SMILES string of the molecule is CCC(c1ccc(C)cc1)N1CCCC(C)C1CN. The number of nitrogens with two attached hydrogens (primary N) is 1. The molecule has 0 aromatic heterocycles. The third kappa shape index (κ3) is 3.18. The van der Waals surface area contributed by atoms with Gasteiger partial charge in [-0.25, -0.2) is 0 Å². The molecule has 19 heavy (non-hydrogen) atoms. The van der Waals surface area contributed by atoms with E-state index in [1.807, 2.05) is 0 Å². The number of nitrogens with zero attached hydrogens (tertiary/aromatic N) is 1. The molecule has 0 amide bonds. The maximum absolute atomic E-state index is 6.04. The Balaban J connectivity index is 2.22. The molecule has 1 aliphatic rings. The number of hydrogen-bond donors (Lipinski definition) is 1. The van der Waals surface area contributed by atoms with Crippen molar-refractivity contribution in [1.29, 1.82) is 0 Å². The van der Waals surface area contributed by atoms with E-state index in [1.165, 1.54) is 30.5 Å². The van der Waals surface area contributed by atoms with E-state index >= 15 is 0 Å². The largest absolute Gasteiger partial charge is 0.329 e. The van der Waals surface area contributed by atoms with Crippen molar-refractivity contribution >= 4 is 0 Å². The standard InChI is InChI=1S/C17H28N2/c1-4-16(15-9-7-13(2)8-10-15)19-11-5-6-14(3)17(19)12-18/h7-10,14,16-17H,4-6,11-12,18H2,1-3H3. The van der Waals surface area contributed by atoms with E-state index in [9.17, 15) is 0 Å². The minimum atomic E-state index is 0.525. The Bertz CT molecular complexity index is 385. The topological polar surface area (TPSA) is 29.3 Å². The first kappa shape index (κ1) is 14.5. The lowest BCUT2D eigenvalue weighted by atomic mass is 9.87. The van der Waals surface area contributed by atoms with E-state index in [0.29, 0.717) is 12.1 Å². The number of benzene rings is 1. The smallest absolute Gasteiger partial charge is 0.0349 e. The maximum Gasteiger partial charge on any atom is 0.0349 e. The van der Waals surface area contributed by atoms with E-state index < -0.39 is 0 Å². The molecule has 1 aromatic rings. The zero-order chi connectivity index (χ0) is 13.8. The van der Waals surface area contributed by atoms with Crippen LogP contribution in [0.5, 0.6) is 0 Å². The first-order chi connectivity index (χ1) is 9.17. The van der Waals surface area contributed by atoms with Crippen LogP contribution in [-0.2, 0) is 0 Å². The van der Waals surface area contributed by atoms with Gasteiger partial charge in [0.15, 0.2) is 0 Å². The van der Waals surface area contributed by atoms with Crippen molar-refractivity contribution in [3.05, 3.63) is 35.4 Å². The van der Waals surface area contributed by atoms with Crippen LogP contribution in [0.4, 0.5) is 0 Å². The molecule has 1 heterocycles. The fourth-order valence-corrected chi connectivity index (χ4v) is 3.49. The van der Waals surface area contributed by atoms with Gasteiger partial charge in [-0.1, -0.05) is 43.7 Å². The molecule has 1 aromatic carbocycles. The Kier molecular flexibility index (Phi) is 5.00. The van der Waals surface area contributed by atoms with E-state index in [1.54, 1.807) is 0 Å². The second kappa shape index (κ2) is 6.53. The van der Waals surface area contributed by atoms with Crippen molar-refractivity contribution in [1.82, 2.24) is 4.90 Å². The highest BCUT2D eigenvalue weighted by atomic mass is 15.2. The van der Waals surface area contributed by atoms with Crippen LogP contribution in [-0.4, -0.2) is 24.0 Å². The fraction of sp³-hybridized carbons (Fsp3) is 0.647. The summed E-state index contributed by atoms with van der Waals surface area (Å²) in [7, 11) is 0. The second-order valence-electron chi connectivity index (χ2n) is 6.00. The first-order valence-corrected chi connectivity index (χ1v) is 7.69. The third-order valence-electron chi connectivity index (χ3n) is 4.65. The summed E-state index contributed by atoms with van der Waals surface area (Å²) >= 11 is 0. The van der Waals surface area contributed by atoms with Crippen molar-refractivity contribution < 1.29 is 0 Å². The lowest BCUT2D eigenvalue weighted by Crippen LogP contribution is -2.49. The molecule has 1 aliphatic heterocycles. The van der Waals surface area contributed by atoms with Crippen LogP contribution < -0.4 is 5.73 Å². The van der Waals surface area contributed by atoms with Gasteiger partial charge in [-0.2, -0.15) is 0 Å². The van der Waals surface area contributed by atoms with Crippen LogP contribution in [0.2, 0.25) is 0 Å². The van der Waals surface area contributed by atoms with Gasteiger partial charge in [-0.05, 0) is 44.2 Å². The summed E-state index contributed by atoms with van der Waals surface area (Å²) < 4.78 is 0. The predicted octanol–water partition coefficient (Wildman–Crippen LogP) is 3.51. The van der Waals surface area contributed by atoms with Crippen molar-refractivity contribution in [3.63, 3.8) is 0 Å². The summed E-state index contributed by atoms with van der Waals surface area (Å²) in [5.74, 6) is 0.721. The van der Waals surface area contributed by atoms with Crippen molar-refractivity contribution in [3.8, 4) is 0 Å². The highest BCUT2D eigenvalue weighted by Crippen LogP contribution is 2.33. The van der Waals surface area contributed by atoms with Gasteiger partial charge in [0.2, 0.25) is 0 Å². The van der Waals surface area contributed by atoms with Crippen LogP contribution >= 0.6 is 0 Å². The molecular formula is C17H28N2. The Morgan fingerprint density at radius 1 is 1.32 bits per heavy atom. The van der Waals surface area contributed by atoms with Gasteiger partial charge in [-0.15, -0.1) is 0 Å². The highest BCUT2D eigenvalue weighted by molar-refractivity contribution is 5.24. The predicted molar refractivity (Wildman–Crippen MR) is 82.2 cm³/mol. The number of hydrogen-bond acceptors (Lipinski definition) is 2. The van der Waals surface area contributed by atoms with E-state index in [0.717, 1.165) is 18.9 Å². The van der Waals surface area contributed by atoms with Crippen molar-refractivity contribution in [2.45, 2.75) is 52.1 Å². The van der Waals surface area contributed by atoms with Crippen LogP contribution in [0, 0.1) is 12.8 Å². The quantitative estimate of drug-likeness (QED) is 0.897. The third-order valence-corrected chi connectivity index (χ3v) is 4.65. The Labute approximate surface area is 118 Å². The maximum atomic E-state index is 6.04. The lowest BCUT2D eigenvalue weighted by molar-refractivity contribution is 0.0595. The Morgan fingerprint density at radius 3 is 2.58 bits per heavy atom. The summed E-state index contributed by atoms with van der Waals surface area (Å²) in [5.41, 5.74) is 8.82. The van der Waals surface area contributed by atoms with Gasteiger partial charge < -0.3 is 5.73 Å². The molecule has 3 unspecified atom stereocenters. The first-order valence-electron chi connectivity index (χ1n) is 7.69. The van der Waals surface area contributed by atoms with Crippen LogP contribution in [0.25, 0.3) is 0 Å². The molecule has 2 N–H and O–H groups in total. The van der Waals surface area contributed by atoms with Gasteiger partial charge >= 0.3 is 0 Å². The molecule has 3 atom stereocenters. The zero-order valence-electron chi connectivity index (χ0n) is 12.6. The molecule has 106 valence electrons. The molecule has 2 rings (SSSR count). The minimum absolute atomic E-state index is 0.525. The number of rotatable bonds is 4. The van der Waals surface area contributed by atoms with Gasteiger partial charge in [0.05, 0.1) is 0 Å². The Hall–Kier alpha value is -0.860. The summed E-state index contributed by atoms with van der Waals surface area (Å²) in [6.07, 6.45) is 3.79. The van der Waals surface area contributed by atoms with Crippen molar-refractivity contribution in [2.24, 2.45) is 11.7 Å². The summed E-state index contributed by atoms with van der Waals surface area (Å²) in [4.78, 5) is 2.65. The van der Waals surface area contributed by atoms with Gasteiger partial charge in [-0.3, -0.25) is 4.90 Å². The van der Waals surface area contributed by atoms with Crippen LogP contribution in [0.15, 0.2) is 24.3 Å². The minimum Gasteiger partial charge on any atom is -0.329 e. The van der Waals surface area contributed by atoms with E-state index in [-0.39, 0.29) is 0 Å². The van der Waals surface area contributed by atoms with Crippen LogP contribution in [0.1, 0.15) is 50.3 Å². The fourth-order valence-electron chi connectivity index (χ4n) is 3.49. The monoisotopic (exact) mass is 260 g/mol. The molecule has 0 aliphatic carbocycles. The molecule has 0 radical (unpaired) electrons. The molecule has 0 saturated carbocycles. The molecule has 1 saturated heterocycles. The average molecular weight is 260 g/mol. The van der Waals surface area contributed by atoms with Gasteiger partial charge in [0.25, 0.3) is 0 Å². The molecule has 1 fully saturated rings. The summed E-state index contributed by atoms with van der Waals surface area (Å²) in [6.45, 7) is 8.77. The molecule has 2 nitrogen and oxygen atoms in total. The van der Waals surface area contributed by atoms with Gasteiger partial charge in [0.1, 0.15) is 0 Å². The molecular weight excluding hydrogens is 232 g/mol. The molecule has 0 bridgehead atoms. The Morgan fingerprint density at radius 2 is 2.00 bits per heavy atom. The number of aryl methyl sites for hydroxylation is 1. The summed E-state index contributed by atoms with van der Waals surface area (Å²) in [5, 5.41) is 0. The zero-order valence-corrected chi connectivity index (χ0v) is 12.6. The number of piperidine rings is 1. The molecule has 2 heteroatoms. The lowest BCUT2D eigenvalue weighted by Gasteiger charge is -2.44. The summed E-state index contributed by atoms with van der Waals surface area (Å²) in [6, 6.07) is 10.1. The van der Waals surface area contributed by atoms with E-state index in [4.69, 9.17) is 5.73 Å². The van der Waals surface area contributed by atoms with E-state index in [2.05, 4.69) is 49.9 Å². The van der Waals surface area contributed by atoms with Crippen molar-refractivity contribution in [2.75, 3.05) is 13.1 Å². The average Bonchev–Trinajstić information content (AvgIpc) is 2.42. The second-order valence-corrected chi connectivity index (χ2v) is 6.00. The van der Waals surface area contributed by atoms with Crippen LogP contribution in [0.3, 0.4) is 0 Å².